The van der Waals surface area contributed by atoms with Crippen LogP contribution in [0.15, 0.2) is 73.1 Å². The van der Waals surface area contributed by atoms with E-state index in [1.54, 1.807) is 18.5 Å². The van der Waals surface area contributed by atoms with E-state index in [0.29, 0.717) is 31.0 Å². The summed E-state index contributed by atoms with van der Waals surface area (Å²) in [5.74, 6) is -0.249. The Balaban J connectivity index is 0.000000917. The monoisotopic (exact) mass is 475 g/mol. The van der Waals surface area contributed by atoms with Crippen molar-refractivity contribution in [2.45, 2.75) is 6.42 Å². The molecule has 0 unspecified atom stereocenters. The van der Waals surface area contributed by atoms with Crippen molar-refractivity contribution in [1.82, 2.24) is 15.0 Å². The summed E-state index contributed by atoms with van der Waals surface area (Å²) in [6.45, 7) is 0.971. The molecule has 0 saturated heterocycles. The molecular weight excluding hydrogens is 452 g/mol. The molecule has 0 aliphatic carbocycles. The van der Waals surface area contributed by atoms with Crippen LogP contribution in [0.1, 0.15) is 11.1 Å². The molecule has 3 aromatic heterocycles. The molecule has 0 spiro atoms. The van der Waals surface area contributed by atoms with Crippen LogP contribution in [0.4, 0.5) is 14.6 Å². The summed E-state index contributed by atoms with van der Waals surface area (Å²) in [4.78, 5) is 20.6. The molecule has 0 radical (unpaired) electrons. The molecule has 5 rings (SSSR count). The van der Waals surface area contributed by atoms with E-state index >= 15 is 0 Å². The van der Waals surface area contributed by atoms with Crippen molar-refractivity contribution < 1.29 is 18.3 Å². The maximum absolute atomic E-state index is 13.5. The lowest BCUT2D eigenvalue weighted by Gasteiger charge is -2.12. The van der Waals surface area contributed by atoms with E-state index in [2.05, 4.69) is 26.0 Å². The highest BCUT2D eigenvalue weighted by molar-refractivity contribution is 6.06. The molecule has 0 aliphatic heterocycles. The largest absolute Gasteiger partial charge is 0.492 e. The molecule has 4 N–H and O–H groups in total. The van der Waals surface area contributed by atoms with Crippen LogP contribution < -0.4 is 15.8 Å². The molecule has 0 bridgehead atoms. The summed E-state index contributed by atoms with van der Waals surface area (Å²) in [7, 11) is 0. The number of fused-ring (bicyclic) bond motifs is 3. The van der Waals surface area contributed by atoms with Crippen molar-refractivity contribution in [2.75, 3.05) is 18.5 Å². The molecule has 3 heterocycles. The molecule has 0 fully saturated rings. The highest BCUT2D eigenvalue weighted by Gasteiger charge is 2.08. The number of carbonyl (C=O) groups is 1. The van der Waals surface area contributed by atoms with Gasteiger partial charge >= 0.3 is 0 Å². The van der Waals surface area contributed by atoms with Crippen molar-refractivity contribution in [1.29, 1.82) is 0 Å². The number of anilines is 1. The Bertz CT molecular complexity index is 1450. The normalized spacial score (nSPS) is 10.6. The minimum atomic E-state index is -0.850. The summed E-state index contributed by atoms with van der Waals surface area (Å²) >= 11 is 0. The van der Waals surface area contributed by atoms with Crippen LogP contribution in [0.3, 0.4) is 0 Å². The molecule has 0 aliphatic rings. The summed E-state index contributed by atoms with van der Waals surface area (Å²) in [6.07, 6.45) is 4.15. The number of aromatic nitrogens is 3. The predicted molar refractivity (Wildman–Crippen MR) is 131 cm³/mol. The number of amides is 1. The molecule has 35 heavy (non-hydrogen) atoms. The number of ether oxygens (including phenoxy) is 1. The van der Waals surface area contributed by atoms with Gasteiger partial charge in [-0.05, 0) is 53.6 Å². The standard InChI is InChI=1S/C25H20F2N4O.CH3NO/c26-21-8-5-16(14-22(21)27)13-17-3-1-9-28-24(17)30-11-12-32-18-6-7-19-20-4-2-10-29-25(20)31-23(19)15-18;2-1-3/h1-10,14-15H,11-13H2,(H,28,30)(H,29,31);1H,(H2,2,3). The first-order valence-electron chi connectivity index (χ1n) is 10.9. The van der Waals surface area contributed by atoms with E-state index in [9.17, 15) is 8.78 Å². The molecular formula is C26H23F2N5O2. The van der Waals surface area contributed by atoms with Gasteiger partial charge in [-0.1, -0.05) is 12.1 Å². The van der Waals surface area contributed by atoms with Gasteiger partial charge in [0, 0.05) is 35.7 Å². The van der Waals surface area contributed by atoms with E-state index in [0.717, 1.165) is 39.3 Å². The molecule has 0 atom stereocenters. The van der Waals surface area contributed by atoms with Crippen LogP contribution in [-0.4, -0.2) is 34.5 Å². The second kappa shape index (κ2) is 11.1. The number of hydrogen-bond donors (Lipinski definition) is 3. The first kappa shape index (κ1) is 23.6. The van der Waals surface area contributed by atoms with Gasteiger partial charge < -0.3 is 20.8 Å². The number of carbonyl (C=O) groups excluding carboxylic acids is 1. The van der Waals surface area contributed by atoms with Gasteiger partial charge in [0.15, 0.2) is 11.6 Å². The smallest absolute Gasteiger partial charge is 0.204 e. The zero-order chi connectivity index (χ0) is 24.6. The van der Waals surface area contributed by atoms with Crippen molar-refractivity contribution in [3.05, 3.63) is 95.8 Å². The molecule has 0 saturated carbocycles. The molecule has 7 nitrogen and oxygen atoms in total. The number of pyridine rings is 2. The Morgan fingerprint density at radius 2 is 1.77 bits per heavy atom. The first-order valence-corrected chi connectivity index (χ1v) is 10.9. The first-order chi connectivity index (χ1) is 17.1. The second-order valence-corrected chi connectivity index (χ2v) is 7.58. The van der Waals surface area contributed by atoms with Crippen molar-refractivity contribution in [2.24, 2.45) is 5.73 Å². The average Bonchev–Trinajstić information content (AvgIpc) is 3.23. The number of H-pyrrole nitrogens is 1. The third-order valence-corrected chi connectivity index (χ3v) is 5.28. The third kappa shape index (κ3) is 5.70. The second-order valence-electron chi connectivity index (χ2n) is 7.58. The van der Waals surface area contributed by atoms with Crippen LogP contribution in [0.5, 0.6) is 5.75 Å². The van der Waals surface area contributed by atoms with Gasteiger partial charge in [0.05, 0.1) is 12.1 Å². The van der Waals surface area contributed by atoms with E-state index in [1.165, 1.54) is 6.07 Å². The minimum Gasteiger partial charge on any atom is -0.492 e. The van der Waals surface area contributed by atoms with Gasteiger partial charge in [0.1, 0.15) is 23.8 Å². The Kier molecular flexibility index (Phi) is 7.47. The lowest BCUT2D eigenvalue weighted by atomic mass is 10.1. The number of rotatable bonds is 7. The van der Waals surface area contributed by atoms with Crippen LogP contribution in [0, 0.1) is 11.6 Å². The van der Waals surface area contributed by atoms with Gasteiger partial charge in [-0.3, -0.25) is 4.79 Å². The number of aromatic amines is 1. The Morgan fingerprint density at radius 1 is 0.971 bits per heavy atom. The van der Waals surface area contributed by atoms with Gasteiger partial charge in [-0.25, -0.2) is 18.7 Å². The van der Waals surface area contributed by atoms with Crippen LogP contribution in [-0.2, 0) is 11.2 Å². The minimum absolute atomic E-state index is 0.250. The zero-order valence-electron chi connectivity index (χ0n) is 18.7. The quantitative estimate of drug-likeness (QED) is 0.236. The van der Waals surface area contributed by atoms with Gasteiger partial charge in [0.2, 0.25) is 6.41 Å². The molecule has 5 aromatic rings. The summed E-state index contributed by atoms with van der Waals surface area (Å²) in [6, 6.07) is 17.6. The highest BCUT2D eigenvalue weighted by atomic mass is 19.2. The number of benzene rings is 2. The number of nitrogens with zero attached hydrogens (tertiary/aromatic N) is 2. The number of nitrogens with one attached hydrogen (secondary N) is 2. The fraction of sp³-hybridized carbons (Fsp3) is 0.115. The average molecular weight is 475 g/mol. The zero-order valence-corrected chi connectivity index (χ0v) is 18.7. The van der Waals surface area contributed by atoms with E-state index < -0.39 is 11.6 Å². The van der Waals surface area contributed by atoms with Gasteiger partial charge in [-0.2, -0.15) is 0 Å². The van der Waals surface area contributed by atoms with E-state index in [-0.39, 0.29) is 6.41 Å². The maximum Gasteiger partial charge on any atom is 0.204 e. The third-order valence-electron chi connectivity index (χ3n) is 5.28. The Morgan fingerprint density at radius 3 is 2.60 bits per heavy atom. The summed E-state index contributed by atoms with van der Waals surface area (Å²) in [5, 5.41) is 5.45. The summed E-state index contributed by atoms with van der Waals surface area (Å²) in [5.41, 5.74) is 7.57. The number of hydrogen-bond acceptors (Lipinski definition) is 5. The lowest BCUT2D eigenvalue weighted by molar-refractivity contribution is -0.106. The Hall–Kier alpha value is -4.53. The fourth-order valence-corrected chi connectivity index (χ4v) is 3.75. The molecule has 9 heteroatoms. The lowest BCUT2D eigenvalue weighted by Crippen LogP contribution is -2.13. The Labute approximate surface area is 200 Å². The highest BCUT2D eigenvalue weighted by Crippen LogP contribution is 2.27. The molecule has 178 valence electrons. The predicted octanol–water partition coefficient (Wildman–Crippen LogP) is 4.57. The fourth-order valence-electron chi connectivity index (χ4n) is 3.75. The van der Waals surface area contributed by atoms with Crippen molar-refractivity contribution in [3.63, 3.8) is 0 Å². The SMILES string of the molecule is Fc1ccc(Cc2cccnc2NCCOc2ccc3c(c2)[nH]c2ncccc23)cc1F.NC=O. The van der Waals surface area contributed by atoms with Gasteiger partial charge in [-0.15, -0.1) is 0 Å². The van der Waals surface area contributed by atoms with Crippen molar-refractivity contribution >= 4 is 34.2 Å². The molecule has 1 amide bonds. The summed E-state index contributed by atoms with van der Waals surface area (Å²) < 4.78 is 32.6. The number of primary amides is 1. The van der Waals surface area contributed by atoms with Crippen LogP contribution in [0.2, 0.25) is 0 Å². The van der Waals surface area contributed by atoms with Gasteiger partial charge in [0.25, 0.3) is 0 Å². The van der Waals surface area contributed by atoms with Crippen LogP contribution >= 0.6 is 0 Å². The van der Waals surface area contributed by atoms with E-state index in [4.69, 9.17) is 9.53 Å². The van der Waals surface area contributed by atoms with Crippen LogP contribution in [0.25, 0.3) is 21.9 Å². The number of nitrogens with two attached hydrogens (primary N) is 1. The maximum atomic E-state index is 13.5. The number of halogens is 2. The molecule has 2 aromatic carbocycles. The van der Waals surface area contributed by atoms with E-state index in [1.807, 2.05) is 42.5 Å². The topological polar surface area (TPSA) is 106 Å². The van der Waals surface area contributed by atoms with Crippen molar-refractivity contribution in [3.8, 4) is 5.75 Å².